The van der Waals surface area contributed by atoms with Crippen molar-refractivity contribution in [2.45, 2.75) is 31.1 Å². The van der Waals surface area contributed by atoms with E-state index in [1.165, 1.54) is 16.6 Å². The van der Waals surface area contributed by atoms with Crippen LogP contribution in [0.5, 0.6) is 0 Å². The van der Waals surface area contributed by atoms with Gasteiger partial charge >= 0.3 is 0 Å². The van der Waals surface area contributed by atoms with E-state index in [4.69, 9.17) is 9.72 Å². The molecule has 0 radical (unpaired) electrons. The summed E-state index contributed by atoms with van der Waals surface area (Å²) < 4.78 is 6.29. The van der Waals surface area contributed by atoms with Gasteiger partial charge in [0.15, 0.2) is 0 Å². The lowest BCUT2D eigenvalue weighted by Crippen LogP contribution is -2.38. The van der Waals surface area contributed by atoms with Crippen molar-refractivity contribution < 1.29 is 4.74 Å². The number of ether oxygens (including phenoxy) is 1. The highest BCUT2D eigenvalue weighted by Crippen LogP contribution is 2.41. The van der Waals surface area contributed by atoms with E-state index >= 15 is 0 Å². The third-order valence-electron chi connectivity index (χ3n) is 5.24. The zero-order valence-electron chi connectivity index (χ0n) is 13.9. The molecule has 3 atom stereocenters. The van der Waals surface area contributed by atoms with Crippen molar-refractivity contribution >= 4 is 16.6 Å². The molecule has 0 amide bonds. The third kappa shape index (κ3) is 2.61. The fourth-order valence-corrected chi connectivity index (χ4v) is 3.99. The maximum atomic E-state index is 6.29. The number of aromatic nitrogens is 1. The Kier molecular flexibility index (Phi) is 3.53. The Hall–Kier alpha value is -2.65. The first-order valence-corrected chi connectivity index (χ1v) is 8.87. The van der Waals surface area contributed by atoms with E-state index in [0.717, 1.165) is 17.6 Å². The van der Waals surface area contributed by atoms with Gasteiger partial charge in [-0.3, -0.25) is 4.98 Å². The van der Waals surface area contributed by atoms with Crippen LogP contribution < -0.4 is 5.32 Å². The zero-order valence-corrected chi connectivity index (χ0v) is 13.9. The first-order chi connectivity index (χ1) is 12.4. The molecule has 0 fully saturated rings. The minimum Gasteiger partial charge on any atom is -0.379 e. The van der Waals surface area contributed by atoms with Crippen LogP contribution in [0.15, 0.2) is 72.8 Å². The fourth-order valence-electron chi connectivity index (χ4n) is 3.99. The number of rotatable bonds is 3. The van der Waals surface area contributed by atoms with Gasteiger partial charge in [0.25, 0.3) is 0 Å². The molecule has 2 aliphatic rings. The summed E-state index contributed by atoms with van der Waals surface area (Å²) in [5.41, 5.74) is 4.62. The number of benzene rings is 2. The Morgan fingerprint density at radius 1 is 1.00 bits per heavy atom. The number of pyridine rings is 1. The largest absolute Gasteiger partial charge is 0.379 e. The monoisotopic (exact) mass is 328 g/mol. The van der Waals surface area contributed by atoms with E-state index < -0.39 is 0 Å². The minimum absolute atomic E-state index is 0.163. The van der Waals surface area contributed by atoms with Crippen molar-refractivity contribution in [3.63, 3.8) is 0 Å². The van der Waals surface area contributed by atoms with Crippen molar-refractivity contribution in [3.8, 4) is 0 Å². The topological polar surface area (TPSA) is 34.1 Å². The molecular formula is C22H20N2O. The van der Waals surface area contributed by atoms with Crippen LogP contribution in [-0.2, 0) is 11.3 Å². The van der Waals surface area contributed by atoms with Gasteiger partial charge in [-0.15, -0.1) is 0 Å². The number of anilines is 1. The molecule has 5 rings (SSSR count). The lowest BCUT2D eigenvalue weighted by Gasteiger charge is -2.30. The third-order valence-corrected chi connectivity index (χ3v) is 5.24. The highest BCUT2D eigenvalue weighted by Gasteiger charge is 2.37. The average Bonchev–Trinajstić information content (AvgIpc) is 3.05. The second-order valence-electron chi connectivity index (χ2n) is 6.79. The number of para-hydroxylation sites is 2. The van der Waals surface area contributed by atoms with Crippen LogP contribution in [0.2, 0.25) is 0 Å². The zero-order chi connectivity index (χ0) is 16.6. The predicted molar refractivity (Wildman–Crippen MR) is 101 cm³/mol. The molecule has 2 heterocycles. The number of nitrogens with one attached hydrogen (secondary N) is 1. The lowest BCUT2D eigenvalue weighted by atomic mass is 9.86. The molecule has 3 unspecified atom stereocenters. The van der Waals surface area contributed by atoms with Gasteiger partial charge in [-0.1, -0.05) is 54.6 Å². The Morgan fingerprint density at radius 3 is 2.88 bits per heavy atom. The van der Waals surface area contributed by atoms with Gasteiger partial charge in [0, 0.05) is 17.0 Å². The van der Waals surface area contributed by atoms with Crippen molar-refractivity contribution in [1.29, 1.82) is 0 Å². The van der Waals surface area contributed by atoms with Crippen molar-refractivity contribution in [1.82, 2.24) is 4.98 Å². The summed E-state index contributed by atoms with van der Waals surface area (Å²) in [6, 6.07) is 21.3. The summed E-state index contributed by atoms with van der Waals surface area (Å²) in [5.74, 6) is 0.402. The molecule has 3 nitrogen and oxygen atoms in total. The van der Waals surface area contributed by atoms with Crippen molar-refractivity contribution in [2.75, 3.05) is 5.32 Å². The fraction of sp³-hybridized carbons (Fsp3) is 0.227. The van der Waals surface area contributed by atoms with Gasteiger partial charge in [0.2, 0.25) is 0 Å². The van der Waals surface area contributed by atoms with Gasteiger partial charge in [-0.2, -0.15) is 0 Å². The maximum Gasteiger partial charge on any atom is 0.0893 e. The SMILES string of the molecule is C1=CC2c3ccccc3NC2C(OCc2ccc3ccccc3n2)C1. The predicted octanol–water partition coefficient (Wildman–Crippen LogP) is 4.66. The average molecular weight is 328 g/mol. The molecule has 1 aliphatic carbocycles. The Morgan fingerprint density at radius 2 is 1.88 bits per heavy atom. The Labute approximate surface area is 147 Å². The second-order valence-corrected chi connectivity index (χ2v) is 6.79. The molecule has 1 aromatic heterocycles. The van der Waals surface area contributed by atoms with E-state index in [1.807, 2.05) is 18.2 Å². The molecule has 3 heteroatoms. The number of nitrogens with zero attached hydrogens (tertiary/aromatic N) is 1. The molecular weight excluding hydrogens is 308 g/mol. The summed E-state index contributed by atoms with van der Waals surface area (Å²) in [6.07, 6.45) is 5.67. The van der Waals surface area contributed by atoms with Crippen LogP contribution in [0.3, 0.4) is 0 Å². The van der Waals surface area contributed by atoms with Gasteiger partial charge in [0.05, 0.1) is 30.0 Å². The molecule has 0 saturated heterocycles. The molecule has 2 aromatic carbocycles. The molecule has 124 valence electrons. The second kappa shape index (κ2) is 6.01. The maximum absolute atomic E-state index is 6.29. The van der Waals surface area contributed by atoms with Gasteiger partial charge in [-0.25, -0.2) is 0 Å². The molecule has 25 heavy (non-hydrogen) atoms. The lowest BCUT2D eigenvalue weighted by molar-refractivity contribution is 0.0241. The number of hydrogen-bond acceptors (Lipinski definition) is 3. The molecule has 0 spiro atoms. The van der Waals surface area contributed by atoms with Crippen molar-refractivity contribution in [3.05, 3.63) is 84.1 Å². The first-order valence-electron chi connectivity index (χ1n) is 8.87. The molecule has 0 saturated carbocycles. The molecule has 0 bridgehead atoms. The first kappa shape index (κ1) is 14.7. The van der Waals surface area contributed by atoms with Gasteiger partial charge in [-0.05, 0) is 30.2 Å². The highest BCUT2D eigenvalue weighted by molar-refractivity contribution is 5.78. The molecule has 1 aliphatic heterocycles. The van der Waals surface area contributed by atoms with Gasteiger partial charge in [0.1, 0.15) is 0 Å². The number of hydrogen-bond donors (Lipinski definition) is 1. The molecule has 3 aromatic rings. The normalized spacial score (nSPS) is 23.9. The van der Waals surface area contributed by atoms with E-state index in [2.05, 4.69) is 59.9 Å². The van der Waals surface area contributed by atoms with Crippen LogP contribution in [-0.4, -0.2) is 17.1 Å². The van der Waals surface area contributed by atoms with Crippen LogP contribution in [0.4, 0.5) is 5.69 Å². The standard InChI is InChI=1S/C22H20N2O/c1-3-9-19-15(6-1)12-13-16(23-19)14-25-21-11-5-8-18-17-7-2-4-10-20(17)24-22(18)21/h1-10,12-13,18,21-22,24H,11,14H2. The quantitative estimate of drug-likeness (QED) is 0.710. The Bertz CT molecular complexity index is 949. The highest BCUT2D eigenvalue weighted by atomic mass is 16.5. The summed E-state index contributed by atoms with van der Waals surface area (Å²) in [4.78, 5) is 4.72. The summed E-state index contributed by atoms with van der Waals surface area (Å²) in [6.45, 7) is 0.546. The number of fused-ring (bicyclic) bond motifs is 4. The summed E-state index contributed by atoms with van der Waals surface area (Å²) >= 11 is 0. The Balaban J connectivity index is 1.34. The van der Waals surface area contributed by atoms with E-state index in [9.17, 15) is 0 Å². The van der Waals surface area contributed by atoms with E-state index in [1.54, 1.807) is 0 Å². The van der Waals surface area contributed by atoms with E-state index in [0.29, 0.717) is 18.6 Å². The van der Waals surface area contributed by atoms with E-state index in [-0.39, 0.29) is 6.10 Å². The summed E-state index contributed by atoms with van der Waals surface area (Å²) in [7, 11) is 0. The van der Waals surface area contributed by atoms with Crippen molar-refractivity contribution in [2.24, 2.45) is 0 Å². The minimum atomic E-state index is 0.163. The van der Waals surface area contributed by atoms with Crippen LogP contribution in [0, 0.1) is 0 Å². The van der Waals surface area contributed by atoms with Crippen LogP contribution in [0.1, 0.15) is 23.6 Å². The summed E-state index contributed by atoms with van der Waals surface area (Å²) in [5, 5.41) is 4.82. The molecule has 1 N–H and O–H groups in total. The van der Waals surface area contributed by atoms with Gasteiger partial charge < -0.3 is 10.1 Å². The van der Waals surface area contributed by atoms with Crippen LogP contribution >= 0.6 is 0 Å². The smallest absolute Gasteiger partial charge is 0.0893 e. The van der Waals surface area contributed by atoms with Crippen LogP contribution in [0.25, 0.3) is 10.9 Å².